The van der Waals surface area contributed by atoms with Gasteiger partial charge in [0.15, 0.2) is 0 Å². The molecule has 20 heteroatoms. The molecule has 4 heterocycles. The third kappa shape index (κ3) is 11.0. The number of amides is 2. The van der Waals surface area contributed by atoms with E-state index in [1.165, 1.54) is 12.4 Å². The minimum absolute atomic E-state index is 0.0620. The molecule has 2 saturated carbocycles. The monoisotopic (exact) mass is 842 g/mol. The quantitative estimate of drug-likeness (QED) is 0.0888. The van der Waals surface area contributed by atoms with Crippen LogP contribution < -0.4 is 44.6 Å². The average Bonchev–Trinajstić information content (AvgIpc) is 3.22. The molecule has 0 saturated heterocycles. The summed E-state index contributed by atoms with van der Waals surface area (Å²) in [5.41, 5.74) is 30.4. The normalized spacial score (nSPS) is 20.3. The number of fused-ring (bicyclic) bond motifs is 2. The van der Waals surface area contributed by atoms with Gasteiger partial charge < -0.3 is 44.6 Å². The SMILES string of the molecule is Cc1ncc(C(N)=O)c(Nc2cnc3ccccc3c2)n1.NC(=O)c1cnc(N[C@@H]2CCCC(F)(F)[C@@H]2N)nc1Nc1cnc2ccccc2c1.N[C@@H]1CCCC(F)(F)[C@@H]1N. The largest absolute Gasteiger partial charge is 0.365 e. The fourth-order valence-corrected chi connectivity index (χ4v) is 6.78. The maximum atomic E-state index is 13.9. The predicted octanol–water partition coefficient (Wildman–Crippen LogP) is 5.43. The number of halogens is 4. The van der Waals surface area contributed by atoms with Crippen LogP contribution in [0.4, 0.5) is 46.5 Å². The van der Waals surface area contributed by atoms with Gasteiger partial charge >= 0.3 is 0 Å². The average molecular weight is 843 g/mol. The third-order valence-electron chi connectivity index (χ3n) is 10.2. The number of nitrogens with two attached hydrogens (primary N) is 5. The number of pyridine rings is 2. The maximum Gasteiger partial charge on any atom is 0.264 e. The van der Waals surface area contributed by atoms with Crippen LogP contribution in [0.1, 0.15) is 65.1 Å². The summed E-state index contributed by atoms with van der Waals surface area (Å²) in [5.74, 6) is -5.84. The summed E-state index contributed by atoms with van der Waals surface area (Å²) in [7, 11) is 0. The zero-order valence-electron chi connectivity index (χ0n) is 33.0. The fraction of sp³-hybridized carbons (Fsp3) is 0.317. The molecule has 0 bridgehead atoms. The van der Waals surface area contributed by atoms with Crippen LogP contribution in [0.5, 0.6) is 0 Å². The molecule has 2 amide bonds. The molecule has 0 aliphatic heterocycles. The second-order valence-corrected chi connectivity index (χ2v) is 14.7. The van der Waals surface area contributed by atoms with Gasteiger partial charge in [-0.3, -0.25) is 19.6 Å². The van der Waals surface area contributed by atoms with Gasteiger partial charge in [-0.15, -0.1) is 0 Å². The van der Waals surface area contributed by atoms with Gasteiger partial charge in [0.05, 0.1) is 52.9 Å². The highest BCUT2D eigenvalue weighted by Gasteiger charge is 2.45. The predicted molar refractivity (Wildman–Crippen MR) is 225 cm³/mol. The molecule has 8 rings (SSSR count). The number of hydrogen-bond acceptors (Lipinski definition) is 14. The topological polar surface area (TPSA) is 278 Å². The molecule has 4 atom stereocenters. The van der Waals surface area contributed by atoms with Crippen molar-refractivity contribution in [3.63, 3.8) is 0 Å². The molecule has 2 aliphatic carbocycles. The standard InChI is InChI=1S/C20H21F2N7O.C15H13N5O.C6H12F2N2/c21-20(22)7-3-6-15(16(20)23)28-19-26-10-13(17(24)30)18(29-19)27-12-8-11-4-1-2-5-14(11)25-9-12;1-9-17-8-12(14(16)21)15(19-9)20-11-6-10-4-2-3-5-13(10)18-7-11;7-6(8)3-1-2-4(9)5(6)10/h1-2,4-5,8-10,15-16H,3,6-7,23H2,(H2,24,30)(H2,26,27,28,29);2-8H,1H3,(H2,16,21)(H,17,19,20);4-5H,1-3,9-10H2/t15-,16-;;4-,5-/m1.1/s1. The summed E-state index contributed by atoms with van der Waals surface area (Å²) < 4.78 is 53.1. The van der Waals surface area contributed by atoms with Crippen molar-refractivity contribution in [3.05, 3.63) is 102 Å². The van der Waals surface area contributed by atoms with Crippen LogP contribution >= 0.6 is 0 Å². The minimum atomic E-state index is -2.96. The van der Waals surface area contributed by atoms with Crippen LogP contribution in [0.15, 0.2) is 85.5 Å². The highest BCUT2D eigenvalue weighted by atomic mass is 19.3. The first-order valence-corrected chi connectivity index (χ1v) is 19.3. The first kappa shape index (κ1) is 43.9. The number of carbonyl (C=O) groups excluding carboxylic acids is 2. The number of primary amides is 2. The molecule has 16 nitrogen and oxygen atoms in total. The van der Waals surface area contributed by atoms with Crippen LogP contribution in [0, 0.1) is 6.92 Å². The van der Waals surface area contributed by atoms with Gasteiger partial charge in [-0.25, -0.2) is 32.5 Å². The molecule has 6 aromatic rings. The summed E-state index contributed by atoms with van der Waals surface area (Å²) in [4.78, 5) is 48.5. The number of aryl methyl sites for hydroxylation is 1. The highest BCUT2D eigenvalue weighted by molar-refractivity contribution is 5.99. The van der Waals surface area contributed by atoms with E-state index in [4.69, 9.17) is 28.7 Å². The number of anilines is 5. The molecular weight excluding hydrogens is 797 g/mol. The Labute approximate surface area is 347 Å². The first-order chi connectivity index (χ1) is 29.0. The summed E-state index contributed by atoms with van der Waals surface area (Å²) in [6.45, 7) is 1.74. The number of carbonyl (C=O) groups is 2. The molecular formula is C41H46F4N14O2. The molecule has 13 N–H and O–H groups in total. The number of para-hydroxylation sites is 2. The lowest BCUT2D eigenvalue weighted by Crippen LogP contribution is -2.55. The lowest BCUT2D eigenvalue weighted by Gasteiger charge is -2.35. The molecule has 0 spiro atoms. The van der Waals surface area contributed by atoms with E-state index in [0.29, 0.717) is 43.0 Å². The van der Waals surface area contributed by atoms with Crippen molar-refractivity contribution >= 4 is 62.6 Å². The summed E-state index contributed by atoms with van der Waals surface area (Å²) in [6, 6.07) is 15.4. The molecule has 0 radical (unpaired) electrons. The lowest BCUT2D eigenvalue weighted by molar-refractivity contribution is -0.0579. The van der Waals surface area contributed by atoms with Crippen molar-refractivity contribution in [1.29, 1.82) is 0 Å². The van der Waals surface area contributed by atoms with E-state index in [9.17, 15) is 27.2 Å². The van der Waals surface area contributed by atoms with E-state index in [0.717, 1.165) is 27.5 Å². The molecule has 2 aromatic carbocycles. The van der Waals surface area contributed by atoms with Gasteiger partial charge in [0.1, 0.15) is 28.6 Å². The molecule has 320 valence electrons. The van der Waals surface area contributed by atoms with E-state index < -0.39 is 47.8 Å². The van der Waals surface area contributed by atoms with Crippen LogP contribution in [-0.2, 0) is 0 Å². The van der Waals surface area contributed by atoms with E-state index in [1.807, 2.05) is 60.7 Å². The second-order valence-electron chi connectivity index (χ2n) is 14.7. The van der Waals surface area contributed by atoms with Crippen LogP contribution in [0.2, 0.25) is 0 Å². The highest BCUT2D eigenvalue weighted by Crippen LogP contribution is 2.34. The summed E-state index contributed by atoms with van der Waals surface area (Å²) in [6.07, 6.45) is 7.52. The molecule has 2 fully saturated rings. The number of nitrogens with zero attached hydrogens (tertiary/aromatic N) is 6. The van der Waals surface area contributed by atoms with Crippen LogP contribution in [-0.4, -0.2) is 77.7 Å². The van der Waals surface area contributed by atoms with Gasteiger partial charge in [0.25, 0.3) is 23.7 Å². The zero-order valence-corrected chi connectivity index (χ0v) is 33.0. The van der Waals surface area contributed by atoms with E-state index in [2.05, 4.69) is 45.9 Å². The van der Waals surface area contributed by atoms with Crippen molar-refractivity contribution in [1.82, 2.24) is 29.9 Å². The van der Waals surface area contributed by atoms with Crippen LogP contribution in [0.25, 0.3) is 21.8 Å². The third-order valence-corrected chi connectivity index (χ3v) is 10.2. The van der Waals surface area contributed by atoms with E-state index in [1.54, 1.807) is 19.3 Å². The van der Waals surface area contributed by atoms with Crippen molar-refractivity contribution in [2.24, 2.45) is 28.7 Å². The number of benzene rings is 2. The molecule has 0 unspecified atom stereocenters. The van der Waals surface area contributed by atoms with Gasteiger partial charge in [-0.05, 0) is 56.9 Å². The Kier molecular flexibility index (Phi) is 13.5. The van der Waals surface area contributed by atoms with Gasteiger partial charge in [0.2, 0.25) is 5.95 Å². The zero-order chi connectivity index (χ0) is 43.9. The van der Waals surface area contributed by atoms with Gasteiger partial charge in [-0.2, -0.15) is 4.98 Å². The number of aromatic nitrogens is 6. The maximum absolute atomic E-state index is 13.9. The Morgan fingerprint density at radius 2 is 1.15 bits per heavy atom. The van der Waals surface area contributed by atoms with Gasteiger partial charge in [-0.1, -0.05) is 36.4 Å². The molecule has 2 aliphatic rings. The lowest BCUT2D eigenvalue weighted by atomic mass is 9.87. The Balaban J connectivity index is 0.000000173. The van der Waals surface area contributed by atoms with E-state index in [-0.39, 0.29) is 35.7 Å². The minimum Gasteiger partial charge on any atom is -0.365 e. The number of nitrogens with one attached hydrogen (secondary N) is 3. The van der Waals surface area contributed by atoms with E-state index >= 15 is 0 Å². The van der Waals surface area contributed by atoms with Crippen molar-refractivity contribution < 1.29 is 27.2 Å². The first-order valence-electron chi connectivity index (χ1n) is 19.3. The Morgan fingerprint density at radius 3 is 1.67 bits per heavy atom. The van der Waals surface area contributed by atoms with Crippen molar-refractivity contribution in [2.75, 3.05) is 16.0 Å². The van der Waals surface area contributed by atoms with Gasteiger partial charge in [0, 0.05) is 42.0 Å². The van der Waals surface area contributed by atoms with Crippen molar-refractivity contribution in [3.8, 4) is 0 Å². The van der Waals surface area contributed by atoms with Crippen LogP contribution in [0.3, 0.4) is 0 Å². The summed E-state index contributed by atoms with van der Waals surface area (Å²) in [5, 5.41) is 10.9. The fourth-order valence-electron chi connectivity index (χ4n) is 6.78. The smallest absolute Gasteiger partial charge is 0.264 e. The number of hydrogen-bond donors (Lipinski definition) is 8. The number of alkyl halides is 4. The molecule has 4 aromatic heterocycles. The Bertz CT molecular complexity index is 2510. The second kappa shape index (κ2) is 18.7. The molecule has 61 heavy (non-hydrogen) atoms. The Morgan fingerprint density at radius 1 is 0.656 bits per heavy atom. The van der Waals surface area contributed by atoms with Crippen molar-refractivity contribution in [2.45, 2.75) is 81.5 Å². The Hall–Kier alpha value is -6.64. The number of rotatable bonds is 8. The summed E-state index contributed by atoms with van der Waals surface area (Å²) >= 11 is 0.